The molecule has 0 fully saturated rings. The van der Waals surface area contributed by atoms with E-state index in [1.165, 1.54) is 0 Å². The summed E-state index contributed by atoms with van der Waals surface area (Å²) >= 11 is 0. The van der Waals surface area contributed by atoms with Crippen LogP contribution in [0.4, 0.5) is 0 Å². The smallest absolute Gasteiger partial charge is 0.363 e. The molecule has 24 heavy (non-hydrogen) atoms. The van der Waals surface area contributed by atoms with Crippen molar-refractivity contribution in [3.8, 4) is 11.5 Å². The number of nitrogens with zero attached hydrogens (tertiary/aromatic N) is 1. The van der Waals surface area contributed by atoms with Crippen LogP contribution in [0.25, 0.3) is 6.08 Å². The Morgan fingerprint density at radius 1 is 1.38 bits per heavy atom. The molecule has 5 nitrogen and oxygen atoms in total. The molecule has 0 bridgehead atoms. The minimum absolute atomic E-state index is 0.152. The van der Waals surface area contributed by atoms with Crippen LogP contribution in [0.3, 0.4) is 0 Å². The monoisotopic (exact) mass is 329 g/mol. The third-order valence-electron chi connectivity index (χ3n) is 3.88. The van der Waals surface area contributed by atoms with Crippen LogP contribution in [-0.2, 0) is 16.0 Å². The number of cyclic esters (lactones) is 1. The summed E-state index contributed by atoms with van der Waals surface area (Å²) in [5.41, 5.74) is 1.87. The number of carbonyl (C=O) groups is 1. The standard InChI is InChI=1S/C19H23NO4/c1-6-22-15-9-12-7-11(2)23-16(12)10-13(15)8-14-17(21)24-18(20-14)19(3,4)5/h8-11H,6-7H2,1-5H3/b14-8-. The number of esters is 1. The van der Waals surface area contributed by atoms with Gasteiger partial charge < -0.3 is 14.2 Å². The van der Waals surface area contributed by atoms with E-state index in [0.717, 1.165) is 29.0 Å². The largest absolute Gasteiger partial charge is 0.493 e. The first-order valence-corrected chi connectivity index (χ1v) is 8.27. The molecule has 0 aromatic heterocycles. The van der Waals surface area contributed by atoms with Crippen molar-refractivity contribution in [2.45, 2.75) is 47.1 Å². The van der Waals surface area contributed by atoms with Gasteiger partial charge in [-0.1, -0.05) is 20.8 Å². The summed E-state index contributed by atoms with van der Waals surface area (Å²) < 4.78 is 16.8. The van der Waals surface area contributed by atoms with Crippen LogP contribution in [0.5, 0.6) is 11.5 Å². The van der Waals surface area contributed by atoms with Gasteiger partial charge in [-0.2, -0.15) is 0 Å². The average molecular weight is 329 g/mol. The molecule has 3 rings (SSSR count). The van der Waals surface area contributed by atoms with Gasteiger partial charge in [-0.3, -0.25) is 0 Å². The minimum Gasteiger partial charge on any atom is -0.493 e. The number of carbonyl (C=O) groups excluding carboxylic acids is 1. The number of hydrogen-bond acceptors (Lipinski definition) is 5. The lowest BCUT2D eigenvalue weighted by molar-refractivity contribution is -0.130. The predicted molar refractivity (Wildman–Crippen MR) is 92.4 cm³/mol. The first-order valence-electron chi connectivity index (χ1n) is 8.27. The van der Waals surface area contributed by atoms with Crippen LogP contribution in [0.15, 0.2) is 22.8 Å². The van der Waals surface area contributed by atoms with E-state index < -0.39 is 5.97 Å². The number of rotatable bonds is 3. The van der Waals surface area contributed by atoms with Gasteiger partial charge in [0.15, 0.2) is 5.70 Å². The summed E-state index contributed by atoms with van der Waals surface area (Å²) in [5.74, 6) is 1.57. The minimum atomic E-state index is -0.433. The first-order chi connectivity index (χ1) is 11.3. The van der Waals surface area contributed by atoms with Crippen LogP contribution >= 0.6 is 0 Å². The maximum atomic E-state index is 12.1. The highest BCUT2D eigenvalue weighted by Gasteiger charge is 2.32. The normalized spacial score (nSPS) is 21.4. The molecule has 1 aromatic rings. The molecule has 1 atom stereocenters. The van der Waals surface area contributed by atoms with Gasteiger partial charge in [0, 0.05) is 23.0 Å². The van der Waals surface area contributed by atoms with E-state index in [0.29, 0.717) is 12.5 Å². The summed E-state index contributed by atoms with van der Waals surface area (Å²) in [6, 6.07) is 3.90. The third-order valence-corrected chi connectivity index (χ3v) is 3.88. The van der Waals surface area contributed by atoms with Crippen molar-refractivity contribution in [1.82, 2.24) is 0 Å². The Bertz CT molecular complexity index is 740. The molecule has 0 aliphatic carbocycles. The molecular weight excluding hydrogens is 306 g/mol. The summed E-state index contributed by atoms with van der Waals surface area (Å²) in [4.78, 5) is 16.5. The van der Waals surface area contributed by atoms with Crippen molar-refractivity contribution in [2.75, 3.05) is 6.61 Å². The van der Waals surface area contributed by atoms with Gasteiger partial charge in [0.05, 0.1) is 6.61 Å². The zero-order valence-corrected chi connectivity index (χ0v) is 14.8. The van der Waals surface area contributed by atoms with Gasteiger partial charge in [0.1, 0.15) is 17.6 Å². The molecule has 1 aromatic carbocycles. The zero-order chi connectivity index (χ0) is 17.5. The number of ether oxygens (including phenoxy) is 3. The van der Waals surface area contributed by atoms with E-state index in [-0.39, 0.29) is 17.2 Å². The van der Waals surface area contributed by atoms with E-state index >= 15 is 0 Å². The Morgan fingerprint density at radius 3 is 2.75 bits per heavy atom. The fourth-order valence-corrected chi connectivity index (χ4v) is 2.73. The third kappa shape index (κ3) is 3.16. The molecule has 0 amide bonds. The molecule has 0 spiro atoms. The summed E-state index contributed by atoms with van der Waals surface area (Å²) in [7, 11) is 0. The van der Waals surface area contributed by atoms with Crippen molar-refractivity contribution in [1.29, 1.82) is 0 Å². The van der Waals surface area contributed by atoms with E-state index in [1.807, 2.05) is 46.8 Å². The van der Waals surface area contributed by atoms with E-state index in [4.69, 9.17) is 14.2 Å². The molecule has 0 N–H and O–H groups in total. The molecule has 0 saturated heterocycles. The zero-order valence-electron chi connectivity index (χ0n) is 14.8. The van der Waals surface area contributed by atoms with Gasteiger partial charge in [-0.05, 0) is 32.1 Å². The first kappa shape index (κ1) is 16.6. The highest BCUT2D eigenvalue weighted by molar-refractivity contribution is 6.08. The lowest BCUT2D eigenvalue weighted by Crippen LogP contribution is -2.21. The van der Waals surface area contributed by atoms with Crippen LogP contribution < -0.4 is 9.47 Å². The second kappa shape index (κ2) is 5.96. The van der Waals surface area contributed by atoms with Crippen molar-refractivity contribution in [2.24, 2.45) is 10.4 Å². The highest BCUT2D eigenvalue weighted by Crippen LogP contribution is 2.37. The molecule has 0 saturated carbocycles. The molecule has 2 heterocycles. The Labute approximate surface area is 142 Å². The van der Waals surface area contributed by atoms with Crippen LogP contribution in [0, 0.1) is 5.41 Å². The quantitative estimate of drug-likeness (QED) is 0.626. The van der Waals surface area contributed by atoms with Crippen molar-refractivity contribution in [3.63, 3.8) is 0 Å². The maximum absolute atomic E-state index is 12.1. The summed E-state index contributed by atoms with van der Waals surface area (Å²) in [6.45, 7) is 10.4. The summed E-state index contributed by atoms with van der Waals surface area (Å²) in [5, 5.41) is 0. The van der Waals surface area contributed by atoms with Gasteiger partial charge in [0.2, 0.25) is 5.90 Å². The Kier molecular flexibility index (Phi) is 4.11. The Hall–Kier alpha value is -2.30. The van der Waals surface area contributed by atoms with E-state index in [1.54, 1.807) is 6.08 Å². The van der Waals surface area contributed by atoms with Crippen LogP contribution in [0.2, 0.25) is 0 Å². The Balaban J connectivity index is 2.01. The van der Waals surface area contributed by atoms with Crippen LogP contribution in [0.1, 0.15) is 45.7 Å². The predicted octanol–water partition coefficient (Wildman–Crippen LogP) is 3.75. The lowest BCUT2D eigenvalue weighted by Gasteiger charge is -2.15. The fourth-order valence-electron chi connectivity index (χ4n) is 2.73. The van der Waals surface area contributed by atoms with E-state index in [2.05, 4.69) is 4.99 Å². The van der Waals surface area contributed by atoms with Crippen molar-refractivity contribution in [3.05, 3.63) is 29.0 Å². The Morgan fingerprint density at radius 2 is 2.12 bits per heavy atom. The van der Waals surface area contributed by atoms with Gasteiger partial charge in [-0.25, -0.2) is 9.79 Å². The second-order valence-electron chi connectivity index (χ2n) is 7.15. The van der Waals surface area contributed by atoms with Gasteiger partial charge in [-0.15, -0.1) is 0 Å². The van der Waals surface area contributed by atoms with Crippen LogP contribution in [-0.4, -0.2) is 24.6 Å². The summed E-state index contributed by atoms with van der Waals surface area (Å²) in [6.07, 6.45) is 2.72. The molecule has 2 aliphatic rings. The molecular formula is C19H23NO4. The number of fused-ring (bicyclic) bond motifs is 1. The number of hydrogen-bond donors (Lipinski definition) is 0. The lowest BCUT2D eigenvalue weighted by atomic mass is 9.97. The van der Waals surface area contributed by atoms with Crippen molar-refractivity contribution >= 4 is 17.9 Å². The SMILES string of the molecule is CCOc1cc2c(cc1/C=C1\N=C(C(C)(C)C)OC1=O)OC(C)C2. The van der Waals surface area contributed by atoms with Gasteiger partial charge in [0.25, 0.3) is 0 Å². The topological polar surface area (TPSA) is 57.1 Å². The molecule has 0 radical (unpaired) electrons. The van der Waals surface area contributed by atoms with Gasteiger partial charge >= 0.3 is 5.97 Å². The second-order valence-corrected chi connectivity index (χ2v) is 7.15. The van der Waals surface area contributed by atoms with Crippen molar-refractivity contribution < 1.29 is 19.0 Å². The molecule has 128 valence electrons. The highest BCUT2D eigenvalue weighted by atomic mass is 16.6. The number of aliphatic imine (C=N–C) groups is 1. The average Bonchev–Trinajstić information content (AvgIpc) is 3.01. The fraction of sp³-hybridized carbons (Fsp3) is 0.474. The molecule has 1 unspecified atom stereocenters. The maximum Gasteiger partial charge on any atom is 0.363 e. The molecule has 2 aliphatic heterocycles. The van der Waals surface area contributed by atoms with E-state index in [9.17, 15) is 4.79 Å². The molecule has 5 heteroatoms. The number of benzene rings is 1.